The first-order chi connectivity index (χ1) is 7.85. The Kier molecular flexibility index (Phi) is 4.26. The molecule has 1 rings (SSSR count). The Morgan fingerprint density at radius 3 is 2.65 bits per heavy atom. The summed E-state index contributed by atoms with van der Waals surface area (Å²) in [5, 5.41) is 7.54. The van der Waals surface area contributed by atoms with E-state index in [2.05, 4.69) is 10.3 Å². The van der Waals surface area contributed by atoms with Gasteiger partial charge >= 0.3 is 5.97 Å². The molecular weight excluding hydrogens is 220 g/mol. The fourth-order valence-corrected chi connectivity index (χ4v) is 1.29. The van der Waals surface area contributed by atoms with E-state index in [0.29, 0.717) is 6.42 Å². The van der Waals surface area contributed by atoms with Gasteiger partial charge in [-0.2, -0.15) is 0 Å². The molecule has 0 aromatic carbocycles. The maximum atomic E-state index is 11.8. The summed E-state index contributed by atoms with van der Waals surface area (Å²) < 4.78 is 0. The molecular formula is C12H20N2O3. The summed E-state index contributed by atoms with van der Waals surface area (Å²) in [6.45, 7) is 9.58. The van der Waals surface area contributed by atoms with Crippen molar-refractivity contribution in [3.8, 4) is 0 Å². The van der Waals surface area contributed by atoms with Gasteiger partial charge in [0.05, 0.1) is 5.71 Å². The molecule has 1 unspecified atom stereocenters. The lowest BCUT2D eigenvalue weighted by Crippen LogP contribution is -2.36. The highest BCUT2D eigenvalue weighted by Crippen LogP contribution is 2.27. The molecule has 0 radical (unpaired) electrons. The molecule has 96 valence electrons. The second-order valence-electron chi connectivity index (χ2n) is 5.11. The third-order valence-electron chi connectivity index (χ3n) is 2.48. The molecule has 0 aromatic heterocycles. The zero-order valence-corrected chi connectivity index (χ0v) is 11.1. The van der Waals surface area contributed by atoms with Crippen molar-refractivity contribution >= 4 is 17.9 Å². The van der Waals surface area contributed by atoms with Crippen LogP contribution in [0.4, 0.5) is 0 Å². The third-order valence-corrected chi connectivity index (χ3v) is 2.48. The van der Waals surface area contributed by atoms with Crippen LogP contribution in [0.2, 0.25) is 0 Å². The molecule has 0 amide bonds. The molecule has 0 aromatic rings. The topological polar surface area (TPSA) is 60.2 Å². The van der Waals surface area contributed by atoms with Crippen molar-refractivity contribution in [1.82, 2.24) is 0 Å². The molecule has 5 heteroatoms. The van der Waals surface area contributed by atoms with Crippen molar-refractivity contribution in [2.75, 3.05) is 0 Å². The Morgan fingerprint density at radius 1 is 1.53 bits per heavy atom. The van der Waals surface area contributed by atoms with Crippen LogP contribution in [-0.2, 0) is 14.5 Å². The second kappa shape index (κ2) is 5.29. The second-order valence-corrected chi connectivity index (χ2v) is 5.11. The van der Waals surface area contributed by atoms with Crippen molar-refractivity contribution in [2.45, 2.75) is 46.6 Å². The number of carbonyl (C=O) groups is 1. The number of oxime groups is 2. The van der Waals surface area contributed by atoms with Crippen LogP contribution in [0, 0.1) is 11.8 Å². The molecule has 0 N–H and O–H groups in total. The van der Waals surface area contributed by atoms with Crippen LogP contribution >= 0.6 is 0 Å². The highest BCUT2D eigenvalue weighted by Gasteiger charge is 2.44. The van der Waals surface area contributed by atoms with Crippen LogP contribution in [0.1, 0.15) is 41.0 Å². The number of carbonyl (C=O) groups excluding carboxylic acids is 1. The molecule has 0 spiro atoms. The first-order valence-corrected chi connectivity index (χ1v) is 5.85. The first kappa shape index (κ1) is 13.7. The summed E-state index contributed by atoms with van der Waals surface area (Å²) in [6, 6.07) is 0. The van der Waals surface area contributed by atoms with Gasteiger partial charge in [-0.05, 0) is 18.8 Å². The van der Waals surface area contributed by atoms with Crippen molar-refractivity contribution in [1.29, 1.82) is 0 Å². The quantitative estimate of drug-likeness (QED) is 0.430. The zero-order valence-electron chi connectivity index (χ0n) is 11.1. The molecule has 0 bridgehead atoms. The van der Waals surface area contributed by atoms with E-state index in [9.17, 15) is 4.79 Å². The van der Waals surface area contributed by atoms with E-state index >= 15 is 0 Å². The number of hydrogen-bond donors (Lipinski definition) is 0. The minimum Gasteiger partial charge on any atom is -0.377 e. The summed E-state index contributed by atoms with van der Waals surface area (Å²) in [5.41, 5.74) is -0.161. The molecule has 5 nitrogen and oxygen atoms in total. The van der Waals surface area contributed by atoms with Gasteiger partial charge in [0.1, 0.15) is 0 Å². The SMILES string of the molecule is CC(C)/C=N/OC(=O)C1(C)CC(C(C)C)=NO1. The van der Waals surface area contributed by atoms with Gasteiger partial charge in [0, 0.05) is 12.6 Å². The predicted molar refractivity (Wildman–Crippen MR) is 65.8 cm³/mol. The van der Waals surface area contributed by atoms with E-state index in [1.165, 1.54) is 0 Å². The van der Waals surface area contributed by atoms with E-state index in [-0.39, 0.29) is 11.8 Å². The monoisotopic (exact) mass is 240 g/mol. The summed E-state index contributed by atoms with van der Waals surface area (Å²) >= 11 is 0. The smallest absolute Gasteiger partial charge is 0.377 e. The maximum absolute atomic E-state index is 11.8. The fourth-order valence-electron chi connectivity index (χ4n) is 1.29. The predicted octanol–water partition coefficient (Wildman–Crippen LogP) is 2.36. The molecule has 1 aliphatic rings. The molecule has 0 fully saturated rings. The van der Waals surface area contributed by atoms with Gasteiger partial charge in [-0.3, -0.25) is 0 Å². The highest BCUT2D eigenvalue weighted by atomic mass is 16.7. The van der Waals surface area contributed by atoms with Gasteiger partial charge in [0.25, 0.3) is 0 Å². The molecule has 1 heterocycles. The largest absolute Gasteiger partial charge is 0.381 e. The van der Waals surface area contributed by atoms with E-state index in [1.807, 2.05) is 27.7 Å². The lowest BCUT2D eigenvalue weighted by Gasteiger charge is -2.17. The molecule has 0 saturated heterocycles. The first-order valence-electron chi connectivity index (χ1n) is 5.85. The van der Waals surface area contributed by atoms with Gasteiger partial charge in [-0.1, -0.05) is 38.0 Å². The summed E-state index contributed by atoms with van der Waals surface area (Å²) in [4.78, 5) is 21.8. The Morgan fingerprint density at radius 2 is 2.18 bits per heavy atom. The number of nitrogens with zero attached hydrogens (tertiary/aromatic N) is 2. The van der Waals surface area contributed by atoms with Crippen LogP contribution < -0.4 is 0 Å². The minimum absolute atomic E-state index is 0.238. The lowest BCUT2D eigenvalue weighted by molar-refractivity contribution is -0.167. The number of hydrogen-bond acceptors (Lipinski definition) is 5. The highest BCUT2D eigenvalue weighted by molar-refractivity contribution is 5.94. The maximum Gasteiger partial charge on any atom is 0.381 e. The Hall–Kier alpha value is -1.39. The molecule has 0 saturated carbocycles. The number of rotatable bonds is 4. The van der Waals surface area contributed by atoms with Gasteiger partial charge in [0.15, 0.2) is 0 Å². The average molecular weight is 240 g/mol. The van der Waals surface area contributed by atoms with Crippen LogP contribution in [0.25, 0.3) is 0 Å². The molecule has 1 atom stereocenters. The Balaban J connectivity index is 2.54. The zero-order chi connectivity index (χ0) is 13.1. The Bertz CT molecular complexity index is 348. The van der Waals surface area contributed by atoms with Gasteiger partial charge in [-0.25, -0.2) is 4.79 Å². The van der Waals surface area contributed by atoms with E-state index in [1.54, 1.807) is 13.1 Å². The molecule has 17 heavy (non-hydrogen) atoms. The fraction of sp³-hybridized carbons (Fsp3) is 0.750. The summed E-state index contributed by atoms with van der Waals surface area (Å²) in [7, 11) is 0. The van der Waals surface area contributed by atoms with Crippen molar-refractivity contribution in [3.05, 3.63) is 0 Å². The van der Waals surface area contributed by atoms with Gasteiger partial charge in [-0.15, -0.1) is 0 Å². The Labute approximate surface area is 102 Å². The molecule has 1 aliphatic heterocycles. The van der Waals surface area contributed by atoms with Crippen molar-refractivity contribution < 1.29 is 14.5 Å². The van der Waals surface area contributed by atoms with Crippen LogP contribution in [0.3, 0.4) is 0 Å². The van der Waals surface area contributed by atoms with Gasteiger partial charge in [0.2, 0.25) is 5.60 Å². The molecule has 0 aliphatic carbocycles. The standard InChI is InChI=1S/C12H20N2O3/c1-8(2)7-13-16-11(15)12(5)6-10(9(3)4)14-17-12/h7-9H,6H2,1-5H3/b13-7+. The van der Waals surface area contributed by atoms with E-state index in [4.69, 9.17) is 9.68 Å². The van der Waals surface area contributed by atoms with Crippen LogP contribution in [-0.4, -0.2) is 23.5 Å². The van der Waals surface area contributed by atoms with Crippen LogP contribution in [0.15, 0.2) is 10.3 Å². The lowest BCUT2D eigenvalue weighted by atomic mass is 9.94. The van der Waals surface area contributed by atoms with Crippen molar-refractivity contribution in [2.24, 2.45) is 22.1 Å². The summed E-state index contributed by atoms with van der Waals surface area (Å²) in [5.74, 6) is 0.000155. The van der Waals surface area contributed by atoms with E-state index < -0.39 is 11.6 Å². The average Bonchev–Trinajstić information content (AvgIpc) is 2.62. The summed E-state index contributed by atoms with van der Waals surface area (Å²) in [6.07, 6.45) is 2.03. The normalized spacial score (nSPS) is 24.3. The van der Waals surface area contributed by atoms with Gasteiger partial charge < -0.3 is 9.68 Å². The van der Waals surface area contributed by atoms with E-state index in [0.717, 1.165) is 5.71 Å². The minimum atomic E-state index is -1.03. The van der Waals surface area contributed by atoms with Crippen LogP contribution in [0.5, 0.6) is 0 Å². The van der Waals surface area contributed by atoms with Crippen molar-refractivity contribution in [3.63, 3.8) is 0 Å². The third kappa shape index (κ3) is 3.54.